The van der Waals surface area contributed by atoms with Crippen LogP contribution in [0.25, 0.3) is 0 Å². The molecule has 38 heavy (non-hydrogen) atoms. The average molecular weight is 605 g/mol. The van der Waals surface area contributed by atoms with Crippen molar-refractivity contribution in [2.45, 2.75) is 73.6 Å². The van der Waals surface area contributed by atoms with E-state index < -0.39 is 84.2 Å². The van der Waals surface area contributed by atoms with Crippen molar-refractivity contribution >= 4 is 11.9 Å². The van der Waals surface area contributed by atoms with E-state index in [1.54, 1.807) is 0 Å². The summed E-state index contributed by atoms with van der Waals surface area (Å²) in [4.78, 5) is 21.9. The third-order valence-corrected chi connectivity index (χ3v) is 4.51. The van der Waals surface area contributed by atoms with E-state index in [9.17, 15) is 84.2 Å². The number of aliphatic carboxylic acids is 1. The summed E-state index contributed by atoms with van der Waals surface area (Å²) < 4.78 is 228. The second-order valence-electron chi connectivity index (χ2n) is 7.21. The van der Waals surface area contributed by atoms with Crippen molar-refractivity contribution in [2.75, 3.05) is 0 Å². The van der Waals surface area contributed by atoms with Crippen molar-refractivity contribution < 1.29 is 94.1 Å². The first-order valence-corrected chi connectivity index (χ1v) is 8.93. The molecule has 5 nitrogen and oxygen atoms in total. The van der Waals surface area contributed by atoms with Crippen LogP contribution in [0.1, 0.15) is 13.3 Å². The van der Waals surface area contributed by atoms with Crippen molar-refractivity contribution in [1.82, 2.24) is 0 Å². The zero-order valence-electron chi connectivity index (χ0n) is 17.7. The Morgan fingerprint density at radius 2 is 1.08 bits per heavy atom. The number of hydrogen-bond donors (Lipinski definition) is 2. The lowest BCUT2D eigenvalue weighted by molar-refractivity contribution is -0.453. The number of halogens is 17. The molecule has 0 aliphatic rings. The van der Waals surface area contributed by atoms with E-state index in [0.29, 0.717) is 6.08 Å². The second-order valence-corrected chi connectivity index (χ2v) is 7.21. The Labute approximate surface area is 198 Å². The van der Waals surface area contributed by atoms with Gasteiger partial charge in [-0.3, -0.25) is 4.79 Å². The number of rotatable bonds is 13. The second kappa shape index (κ2) is 10.5. The molecule has 0 aromatic carbocycles. The van der Waals surface area contributed by atoms with Gasteiger partial charge in [0.05, 0.1) is 0 Å². The van der Waals surface area contributed by atoms with Crippen LogP contribution >= 0.6 is 0 Å². The molecular formula is C16H12F17NO4. The molecule has 0 heterocycles. The van der Waals surface area contributed by atoms with Gasteiger partial charge in [0.25, 0.3) is 0 Å². The Bertz CT molecular complexity index is 918. The number of carbonyl (C=O) groups excluding carboxylic acids is 1. The Morgan fingerprint density at radius 3 is 1.42 bits per heavy atom. The number of carboxylic acid groups (broad SMARTS) is 1. The Kier molecular flexibility index (Phi) is 9.84. The highest BCUT2D eigenvalue weighted by Gasteiger charge is 2.94. The van der Waals surface area contributed by atoms with Gasteiger partial charge in [-0.2, -0.15) is 65.9 Å². The molecule has 0 rings (SSSR count). The lowest BCUT2D eigenvalue weighted by atomic mass is 9.89. The highest BCUT2D eigenvalue weighted by atomic mass is 19.4. The van der Waals surface area contributed by atoms with Crippen LogP contribution in [0, 0.1) is 0 Å². The lowest BCUT2D eigenvalue weighted by Gasteiger charge is -2.42. The first kappa shape index (κ1) is 35.4. The molecule has 3 N–H and O–H groups in total. The summed E-state index contributed by atoms with van der Waals surface area (Å²) in [6, 6.07) is -2.44. The summed E-state index contributed by atoms with van der Waals surface area (Å²) >= 11 is 0. The fraction of sp³-hybridized carbons (Fsp3) is 0.750. The first-order chi connectivity index (χ1) is 16.5. The summed E-state index contributed by atoms with van der Waals surface area (Å²) in [5, 5.41) is 8.52. The minimum Gasteiger partial charge on any atom is -0.478 e. The summed E-state index contributed by atoms with van der Waals surface area (Å²) in [6.45, 7) is 0.839. The zero-order chi connectivity index (χ0) is 31.1. The van der Waals surface area contributed by atoms with Gasteiger partial charge in [0.15, 0.2) is 0 Å². The number of esters is 1. The van der Waals surface area contributed by atoms with Crippen molar-refractivity contribution in [3.8, 4) is 0 Å². The van der Waals surface area contributed by atoms with Crippen molar-refractivity contribution in [3.63, 3.8) is 0 Å². The maximum Gasteiger partial charge on any atom is 0.385 e. The Hall–Kier alpha value is -2.55. The molecule has 22 heteroatoms. The molecule has 0 fully saturated rings. The minimum absolute atomic E-state index is 0.528. The SMILES string of the molecule is CC(=CCC(N)C(=O)OC(F)C(F)(F)C(F)(F)C(F)(F)C(F)(F)C(F)(F)C(F)(F)C(F)(F)C(F)F)C(=O)O. The summed E-state index contributed by atoms with van der Waals surface area (Å²) in [5.74, 6) is -62.0. The fourth-order valence-corrected chi connectivity index (χ4v) is 2.04. The molecule has 0 saturated heterocycles. The van der Waals surface area contributed by atoms with Crippen molar-refractivity contribution in [3.05, 3.63) is 11.6 Å². The summed E-state index contributed by atoms with van der Waals surface area (Å²) in [5.41, 5.74) is 4.29. The van der Waals surface area contributed by atoms with E-state index in [2.05, 4.69) is 4.74 Å². The molecule has 0 aliphatic heterocycles. The monoisotopic (exact) mass is 605 g/mol. The molecule has 2 atom stereocenters. The van der Waals surface area contributed by atoms with Crippen molar-refractivity contribution in [1.29, 1.82) is 0 Å². The maximum absolute atomic E-state index is 13.7. The number of ether oxygens (including phenoxy) is 1. The van der Waals surface area contributed by atoms with Gasteiger partial charge in [-0.05, 0) is 13.3 Å². The number of carbonyl (C=O) groups is 2. The molecule has 0 saturated carbocycles. The van der Waals surface area contributed by atoms with Gasteiger partial charge in [0, 0.05) is 5.57 Å². The average Bonchev–Trinajstić information content (AvgIpc) is 2.75. The molecule has 0 spiro atoms. The largest absolute Gasteiger partial charge is 0.478 e. The van der Waals surface area contributed by atoms with E-state index in [4.69, 9.17) is 10.8 Å². The normalized spacial score (nSPS) is 16.9. The number of hydrogen-bond acceptors (Lipinski definition) is 4. The molecule has 0 radical (unpaired) electrons. The van der Waals surface area contributed by atoms with Gasteiger partial charge in [-0.25, -0.2) is 13.6 Å². The van der Waals surface area contributed by atoms with Gasteiger partial charge < -0.3 is 15.6 Å². The lowest BCUT2D eigenvalue weighted by Crippen LogP contribution is -2.74. The highest BCUT2D eigenvalue weighted by molar-refractivity contribution is 5.86. The molecule has 0 aromatic rings. The van der Waals surface area contributed by atoms with Gasteiger partial charge in [-0.1, -0.05) is 6.08 Å². The van der Waals surface area contributed by atoms with Crippen LogP contribution in [-0.2, 0) is 14.3 Å². The Balaban J connectivity index is 6.33. The van der Waals surface area contributed by atoms with Crippen molar-refractivity contribution in [2.24, 2.45) is 5.73 Å². The number of alkyl halides is 17. The third kappa shape index (κ3) is 5.44. The maximum atomic E-state index is 13.7. The van der Waals surface area contributed by atoms with Crippen LogP contribution in [0.3, 0.4) is 0 Å². The molecule has 0 amide bonds. The van der Waals surface area contributed by atoms with Crippen LogP contribution in [-0.4, -0.2) is 77.3 Å². The van der Waals surface area contributed by atoms with Crippen LogP contribution in [0.15, 0.2) is 11.6 Å². The quantitative estimate of drug-likeness (QED) is 0.169. The molecule has 224 valence electrons. The number of carboxylic acids is 1. The van der Waals surface area contributed by atoms with Gasteiger partial charge in [-0.15, -0.1) is 0 Å². The standard InChI is InChI=1S/C16H12F17NO4/c1-4(6(35)36)2-3-5(34)7(37)38-9(19)11(22,23)13(26,27)15(30,31)16(32,33)14(28,29)12(24,25)10(20,21)8(17)18/h2,5,8-9H,3,34H2,1H3,(H,35,36). The van der Waals surface area contributed by atoms with Gasteiger partial charge >= 0.3 is 66.2 Å². The molecule has 0 bridgehead atoms. The fourth-order valence-electron chi connectivity index (χ4n) is 2.04. The van der Waals surface area contributed by atoms with E-state index in [1.165, 1.54) is 0 Å². The molecule has 0 aliphatic carbocycles. The van der Waals surface area contributed by atoms with Crippen LogP contribution in [0.5, 0.6) is 0 Å². The van der Waals surface area contributed by atoms with E-state index >= 15 is 0 Å². The summed E-state index contributed by atoms with van der Waals surface area (Å²) in [7, 11) is 0. The Morgan fingerprint density at radius 1 is 0.737 bits per heavy atom. The summed E-state index contributed by atoms with van der Waals surface area (Å²) in [6.07, 6.45) is -12.0. The van der Waals surface area contributed by atoms with Crippen LogP contribution < -0.4 is 5.73 Å². The topological polar surface area (TPSA) is 89.6 Å². The third-order valence-electron chi connectivity index (χ3n) is 4.51. The van der Waals surface area contributed by atoms with E-state index in [-0.39, 0.29) is 0 Å². The smallest absolute Gasteiger partial charge is 0.385 e. The zero-order valence-corrected chi connectivity index (χ0v) is 17.7. The van der Waals surface area contributed by atoms with Gasteiger partial charge in [0.2, 0.25) is 0 Å². The molecular weight excluding hydrogens is 593 g/mol. The molecule has 2 unspecified atom stereocenters. The first-order valence-electron chi connectivity index (χ1n) is 8.93. The van der Waals surface area contributed by atoms with Gasteiger partial charge in [0.1, 0.15) is 6.04 Å². The molecule has 0 aromatic heterocycles. The predicted molar refractivity (Wildman–Crippen MR) is 85.6 cm³/mol. The predicted octanol–water partition coefficient (Wildman–Crippen LogP) is 5.29. The van der Waals surface area contributed by atoms with E-state index in [0.717, 1.165) is 6.92 Å². The highest BCUT2D eigenvalue weighted by Crippen LogP contribution is 2.63. The van der Waals surface area contributed by atoms with E-state index in [1.807, 2.05) is 0 Å². The van der Waals surface area contributed by atoms with Crippen LogP contribution in [0.4, 0.5) is 74.6 Å². The minimum atomic E-state index is -8.74. The number of nitrogens with two attached hydrogens (primary N) is 1. The van der Waals surface area contributed by atoms with Crippen LogP contribution in [0.2, 0.25) is 0 Å².